The van der Waals surface area contributed by atoms with E-state index in [-0.39, 0.29) is 30.6 Å². The van der Waals surface area contributed by atoms with Crippen LogP contribution >= 0.6 is 0 Å². The quantitative estimate of drug-likeness (QED) is 0.313. The van der Waals surface area contributed by atoms with E-state index in [1.54, 1.807) is 19.2 Å². The first-order valence-corrected chi connectivity index (χ1v) is 12.2. The average molecular weight is 516 g/mol. The summed E-state index contributed by atoms with van der Waals surface area (Å²) < 4.78 is 10.8. The number of para-hydroxylation sites is 1. The lowest BCUT2D eigenvalue weighted by Gasteiger charge is -2.32. The summed E-state index contributed by atoms with van der Waals surface area (Å²) in [4.78, 5) is 33.1. The first kappa shape index (κ1) is 28.1. The number of benzene rings is 2. The second-order valence-corrected chi connectivity index (χ2v) is 8.93. The number of aromatic hydroxyl groups is 1. The van der Waals surface area contributed by atoms with Gasteiger partial charge < -0.3 is 19.9 Å². The molecule has 2 aromatic carbocycles. The lowest BCUT2D eigenvalue weighted by molar-refractivity contribution is -0.137. The number of methoxy groups -OCH3 is 1. The Morgan fingerprint density at radius 2 is 1.95 bits per heavy atom. The van der Waals surface area contributed by atoms with Gasteiger partial charge in [0, 0.05) is 41.9 Å². The Labute approximate surface area is 223 Å². The molecule has 1 heterocycles. The Morgan fingerprint density at radius 1 is 1.18 bits per heavy atom. The molecule has 1 aliphatic heterocycles. The van der Waals surface area contributed by atoms with Gasteiger partial charge in [0.15, 0.2) is 18.2 Å². The van der Waals surface area contributed by atoms with Crippen molar-refractivity contribution >= 4 is 24.3 Å². The van der Waals surface area contributed by atoms with Crippen LogP contribution < -0.4 is 10.1 Å². The van der Waals surface area contributed by atoms with Crippen molar-refractivity contribution in [2.75, 3.05) is 13.7 Å². The third-order valence-corrected chi connectivity index (χ3v) is 6.31. The lowest BCUT2D eigenvalue weighted by atomic mass is 9.78. The zero-order valence-electron chi connectivity index (χ0n) is 22.0. The van der Waals surface area contributed by atoms with Crippen LogP contribution in [0.25, 0.3) is 0 Å². The van der Waals surface area contributed by atoms with Crippen LogP contribution in [0.15, 0.2) is 93.8 Å². The maximum atomic E-state index is 12.9. The van der Waals surface area contributed by atoms with Crippen LogP contribution in [0.1, 0.15) is 43.2 Å². The van der Waals surface area contributed by atoms with E-state index in [0.29, 0.717) is 35.4 Å². The van der Waals surface area contributed by atoms with Gasteiger partial charge in [-0.15, -0.1) is 0 Å². The van der Waals surface area contributed by atoms with E-state index < -0.39 is 5.97 Å². The van der Waals surface area contributed by atoms with Crippen LogP contribution in [0, 0.1) is 6.92 Å². The Kier molecular flexibility index (Phi) is 9.76. The first-order valence-electron chi connectivity index (χ1n) is 12.2. The predicted molar refractivity (Wildman–Crippen MR) is 148 cm³/mol. The number of carbonyl (C=O) groups excluding carboxylic acids is 2. The highest BCUT2D eigenvalue weighted by molar-refractivity contribution is 6.02. The third-order valence-electron chi connectivity index (χ3n) is 6.31. The highest BCUT2D eigenvalue weighted by Crippen LogP contribution is 2.41. The monoisotopic (exact) mass is 515 g/mol. The molecule has 0 fully saturated rings. The van der Waals surface area contributed by atoms with Crippen molar-refractivity contribution in [1.82, 2.24) is 5.32 Å². The fourth-order valence-electron chi connectivity index (χ4n) is 4.42. The molecule has 0 unspecified atom stereocenters. The fourth-order valence-corrected chi connectivity index (χ4v) is 4.42. The topological polar surface area (TPSA) is 110 Å². The van der Waals surface area contributed by atoms with Crippen molar-refractivity contribution in [2.45, 2.75) is 39.0 Å². The van der Waals surface area contributed by atoms with Gasteiger partial charge in [-0.1, -0.05) is 36.9 Å². The van der Waals surface area contributed by atoms with E-state index in [2.05, 4.69) is 28.6 Å². The zero-order chi connectivity index (χ0) is 27.7. The van der Waals surface area contributed by atoms with Crippen molar-refractivity contribution in [3.05, 3.63) is 95.0 Å². The van der Waals surface area contributed by atoms with Gasteiger partial charge in [-0.2, -0.15) is 0 Å². The van der Waals surface area contributed by atoms with E-state index in [1.165, 1.54) is 6.20 Å². The molecule has 2 aromatic rings. The lowest BCUT2D eigenvalue weighted by Crippen LogP contribution is -2.32. The number of hydrogen-bond donors (Lipinski definition) is 2. The largest absolute Gasteiger partial charge is 0.508 e. The number of allylic oxidation sites excluding steroid dienone is 3. The van der Waals surface area contributed by atoms with Crippen LogP contribution in [-0.2, 0) is 14.3 Å². The summed E-state index contributed by atoms with van der Waals surface area (Å²) in [6.45, 7) is 10.5. The molecule has 0 aromatic heterocycles. The molecular weight excluding hydrogens is 482 g/mol. The first-order chi connectivity index (χ1) is 18.3. The molecule has 0 radical (unpaired) electrons. The van der Waals surface area contributed by atoms with Gasteiger partial charge in [0.1, 0.15) is 11.5 Å². The number of aliphatic imine (C=N–C) groups is 2. The third kappa shape index (κ3) is 7.06. The molecule has 198 valence electrons. The number of carbonyl (C=O) groups is 2. The molecule has 2 aliphatic rings. The minimum atomic E-state index is -0.508. The van der Waals surface area contributed by atoms with Crippen LogP contribution in [0.4, 0.5) is 0 Å². The summed E-state index contributed by atoms with van der Waals surface area (Å²) in [5.74, 6) is 0.918. The molecule has 0 spiro atoms. The van der Waals surface area contributed by atoms with Gasteiger partial charge in [0.2, 0.25) is 0 Å². The van der Waals surface area contributed by atoms with Crippen molar-refractivity contribution in [3.63, 3.8) is 0 Å². The summed E-state index contributed by atoms with van der Waals surface area (Å²) in [6, 6.07) is 14.9. The van der Waals surface area contributed by atoms with Crippen LogP contribution in [0.3, 0.4) is 0 Å². The SMILES string of the molecule is C=CN=C(COC(=O)C1=C(C)NC2=C(C1)C(=O)C[C@H](c1ccccc1OC)C2)N=C.Cc1cccc(O)c1. The molecule has 0 saturated heterocycles. The Bertz CT molecular complexity index is 1310. The number of rotatable bonds is 6. The van der Waals surface area contributed by atoms with Gasteiger partial charge in [-0.25, -0.2) is 14.8 Å². The average Bonchev–Trinajstić information content (AvgIpc) is 2.90. The molecular formula is C30H33N3O5. The van der Waals surface area contributed by atoms with Crippen molar-refractivity contribution < 1.29 is 24.2 Å². The van der Waals surface area contributed by atoms with Gasteiger partial charge in [0.25, 0.3) is 0 Å². The molecule has 1 atom stereocenters. The maximum absolute atomic E-state index is 12.9. The van der Waals surface area contributed by atoms with Crippen LogP contribution in [-0.4, -0.2) is 43.1 Å². The minimum Gasteiger partial charge on any atom is -0.508 e. The van der Waals surface area contributed by atoms with E-state index in [1.807, 2.05) is 50.2 Å². The second-order valence-electron chi connectivity index (χ2n) is 8.93. The number of nitrogens with zero attached hydrogens (tertiary/aromatic N) is 2. The minimum absolute atomic E-state index is 0.0255. The standard InChI is InChI=1S/C23H25N3O4.C7H8O/c1-5-25-22(24-3)13-30-23(28)17-12-18-19(26-14(17)2)10-15(11-20(18)27)16-8-6-7-9-21(16)29-4;1-6-3-2-4-7(8)5-6/h5-9,15,26H,1,3,10-13H2,2,4H3;2-5,8H,1H3/t15-;/m1./s1. The number of ketones is 1. The Morgan fingerprint density at radius 3 is 2.58 bits per heavy atom. The highest BCUT2D eigenvalue weighted by Gasteiger charge is 2.34. The van der Waals surface area contributed by atoms with Gasteiger partial charge >= 0.3 is 5.97 Å². The number of Topliss-reactive ketones (excluding diaryl/α,β-unsaturated/α-hetero) is 1. The zero-order valence-corrected chi connectivity index (χ0v) is 22.0. The molecule has 1 aliphatic carbocycles. The number of phenols is 1. The normalized spacial score (nSPS) is 17.0. The molecule has 4 rings (SSSR count). The molecule has 2 N–H and O–H groups in total. The number of esters is 1. The smallest absolute Gasteiger partial charge is 0.336 e. The van der Waals surface area contributed by atoms with Gasteiger partial charge in [0.05, 0.1) is 12.7 Å². The number of amidine groups is 1. The number of hydrogen-bond acceptors (Lipinski definition) is 7. The molecule has 0 saturated carbocycles. The van der Waals surface area contributed by atoms with E-state index in [0.717, 1.165) is 22.6 Å². The highest BCUT2D eigenvalue weighted by atomic mass is 16.5. The maximum Gasteiger partial charge on any atom is 0.336 e. The van der Waals surface area contributed by atoms with E-state index >= 15 is 0 Å². The number of phenolic OH excluding ortho intramolecular Hbond substituents is 1. The molecule has 8 heteroatoms. The van der Waals surface area contributed by atoms with E-state index in [9.17, 15) is 9.59 Å². The summed E-state index contributed by atoms with van der Waals surface area (Å²) >= 11 is 0. The number of aryl methyl sites for hydroxylation is 1. The summed E-state index contributed by atoms with van der Waals surface area (Å²) in [6.07, 6.45) is 2.61. The number of nitrogens with one attached hydrogen (secondary N) is 1. The van der Waals surface area contributed by atoms with Gasteiger partial charge in [-0.05, 0) is 56.3 Å². The van der Waals surface area contributed by atoms with Crippen molar-refractivity contribution in [1.29, 1.82) is 0 Å². The van der Waals surface area contributed by atoms with Crippen LogP contribution in [0.5, 0.6) is 11.5 Å². The molecule has 0 amide bonds. The van der Waals surface area contributed by atoms with E-state index in [4.69, 9.17) is 14.6 Å². The second kappa shape index (κ2) is 13.2. The Balaban J connectivity index is 0.000000427. The number of dihydropyridines is 1. The Hall–Kier alpha value is -4.46. The summed E-state index contributed by atoms with van der Waals surface area (Å²) in [5, 5.41) is 12.1. The molecule has 38 heavy (non-hydrogen) atoms. The molecule has 0 bridgehead atoms. The summed E-state index contributed by atoms with van der Waals surface area (Å²) in [7, 11) is 1.63. The predicted octanol–water partition coefficient (Wildman–Crippen LogP) is 5.15. The van der Waals surface area contributed by atoms with Crippen molar-refractivity contribution in [2.24, 2.45) is 9.98 Å². The van der Waals surface area contributed by atoms with Gasteiger partial charge in [-0.3, -0.25) is 4.79 Å². The molecule has 8 nitrogen and oxygen atoms in total. The number of ether oxygens (including phenoxy) is 2. The van der Waals surface area contributed by atoms with Crippen molar-refractivity contribution in [3.8, 4) is 11.5 Å². The fraction of sp³-hybridized carbons (Fsp3) is 0.267. The summed E-state index contributed by atoms with van der Waals surface area (Å²) in [5.41, 5.74) is 4.71. The van der Waals surface area contributed by atoms with Crippen LogP contribution in [0.2, 0.25) is 0 Å².